The van der Waals surface area contributed by atoms with Crippen molar-refractivity contribution in [3.05, 3.63) is 71.8 Å². The van der Waals surface area contributed by atoms with Gasteiger partial charge in [-0.05, 0) is 29.3 Å². The molecule has 8 heteroatoms. The number of amides is 4. The van der Waals surface area contributed by atoms with Crippen LogP contribution in [0.4, 0.5) is 5.69 Å². The molecule has 2 aromatic rings. The maximum Gasteiger partial charge on any atom is 0.331 e. The van der Waals surface area contributed by atoms with Crippen molar-refractivity contribution in [2.45, 2.75) is 6.61 Å². The van der Waals surface area contributed by atoms with E-state index in [2.05, 4.69) is 5.32 Å². The van der Waals surface area contributed by atoms with Crippen molar-refractivity contribution < 1.29 is 28.7 Å². The van der Waals surface area contributed by atoms with Crippen molar-refractivity contribution in [1.29, 1.82) is 0 Å². The minimum atomic E-state index is -0.802. The second kappa shape index (κ2) is 7.56. The number of ether oxygens (including phenoxy) is 1. The highest BCUT2D eigenvalue weighted by molar-refractivity contribution is 6.27. The Morgan fingerprint density at radius 2 is 1.53 bits per heavy atom. The Balaban J connectivity index is 1.28. The first-order valence-corrected chi connectivity index (χ1v) is 10.2. The highest BCUT2D eigenvalue weighted by Gasteiger charge is 2.71. The van der Waals surface area contributed by atoms with Gasteiger partial charge in [-0.3, -0.25) is 24.5 Å². The van der Waals surface area contributed by atoms with Crippen LogP contribution in [0.3, 0.4) is 0 Å². The molecule has 5 rings (SSSR count). The van der Waals surface area contributed by atoms with Crippen LogP contribution in [0.2, 0.25) is 0 Å². The van der Waals surface area contributed by atoms with Crippen molar-refractivity contribution in [2.75, 3.05) is 4.90 Å². The molecule has 32 heavy (non-hydrogen) atoms. The molecule has 8 nitrogen and oxygen atoms in total. The lowest BCUT2D eigenvalue weighted by atomic mass is 9.59. The quantitative estimate of drug-likeness (QED) is 0.437. The van der Waals surface area contributed by atoms with Gasteiger partial charge in [-0.2, -0.15) is 0 Å². The number of hydrogen-bond acceptors (Lipinski definition) is 6. The molecule has 1 aliphatic carbocycles. The fraction of sp³-hybridized carbons (Fsp3) is 0.208. The molecule has 2 aromatic carbocycles. The fourth-order valence-corrected chi connectivity index (χ4v) is 4.68. The SMILES string of the molecule is O=C(/C=C/c1ccccc1)OCc1cccc(N2C(=O)C3C4C(=O)NC(=O)C4C3C2=O)c1. The molecule has 2 saturated heterocycles. The molecule has 1 saturated carbocycles. The van der Waals surface area contributed by atoms with E-state index in [-0.39, 0.29) is 6.61 Å². The minimum Gasteiger partial charge on any atom is -0.458 e. The predicted octanol–water partition coefficient (Wildman–Crippen LogP) is 1.45. The first-order valence-electron chi connectivity index (χ1n) is 10.2. The van der Waals surface area contributed by atoms with Gasteiger partial charge in [0.1, 0.15) is 6.61 Å². The van der Waals surface area contributed by atoms with Gasteiger partial charge in [0.15, 0.2) is 0 Å². The number of benzene rings is 2. The van der Waals surface area contributed by atoms with Crippen LogP contribution < -0.4 is 10.2 Å². The largest absolute Gasteiger partial charge is 0.458 e. The Hall–Kier alpha value is -4.07. The highest BCUT2D eigenvalue weighted by Crippen LogP contribution is 2.55. The third-order valence-corrected chi connectivity index (χ3v) is 6.17. The van der Waals surface area contributed by atoms with E-state index < -0.39 is 53.3 Å². The Labute approximate surface area is 182 Å². The summed E-state index contributed by atoms with van der Waals surface area (Å²) in [7, 11) is 0. The molecule has 2 aliphatic heterocycles. The number of imide groups is 2. The molecule has 160 valence electrons. The van der Waals surface area contributed by atoms with E-state index in [1.165, 1.54) is 6.08 Å². The summed E-state index contributed by atoms with van der Waals surface area (Å²) >= 11 is 0. The molecule has 0 radical (unpaired) electrons. The topological polar surface area (TPSA) is 110 Å². The minimum absolute atomic E-state index is 0.0407. The van der Waals surface area contributed by atoms with Gasteiger partial charge in [0.05, 0.1) is 29.4 Å². The third-order valence-electron chi connectivity index (χ3n) is 6.17. The summed E-state index contributed by atoms with van der Waals surface area (Å²) in [6, 6.07) is 15.9. The molecule has 4 amide bonds. The van der Waals surface area contributed by atoms with Crippen molar-refractivity contribution in [3.8, 4) is 0 Å². The van der Waals surface area contributed by atoms with Gasteiger partial charge in [-0.25, -0.2) is 9.69 Å². The van der Waals surface area contributed by atoms with Crippen molar-refractivity contribution in [1.82, 2.24) is 5.32 Å². The average Bonchev–Trinajstić information content (AvgIpc) is 3.11. The summed E-state index contributed by atoms with van der Waals surface area (Å²) < 4.78 is 5.25. The molecule has 3 aliphatic rings. The number of nitrogens with zero attached hydrogens (tertiary/aromatic N) is 1. The van der Waals surface area contributed by atoms with Crippen LogP contribution >= 0.6 is 0 Å². The van der Waals surface area contributed by atoms with E-state index >= 15 is 0 Å². The number of rotatable bonds is 5. The van der Waals surface area contributed by atoms with Gasteiger partial charge in [0, 0.05) is 6.08 Å². The van der Waals surface area contributed by atoms with Gasteiger partial charge < -0.3 is 4.74 Å². The molecular formula is C24H18N2O6. The molecule has 2 heterocycles. The number of esters is 1. The second-order valence-electron chi connectivity index (χ2n) is 7.99. The van der Waals surface area contributed by atoms with Gasteiger partial charge in [-0.1, -0.05) is 42.5 Å². The number of carbonyl (C=O) groups excluding carboxylic acids is 5. The van der Waals surface area contributed by atoms with Crippen LogP contribution in [-0.4, -0.2) is 29.6 Å². The number of hydrogen-bond donors (Lipinski definition) is 1. The fourth-order valence-electron chi connectivity index (χ4n) is 4.68. The maximum atomic E-state index is 12.9. The van der Waals surface area contributed by atoms with Crippen LogP contribution in [0.25, 0.3) is 6.08 Å². The Bertz CT molecular complexity index is 1150. The van der Waals surface area contributed by atoms with Crippen LogP contribution in [-0.2, 0) is 35.3 Å². The summed E-state index contributed by atoms with van der Waals surface area (Å²) in [6.07, 6.45) is 2.97. The molecule has 4 atom stereocenters. The van der Waals surface area contributed by atoms with Crippen LogP contribution in [0.5, 0.6) is 0 Å². The summed E-state index contributed by atoms with van der Waals surface area (Å²) in [4.78, 5) is 62.7. The summed E-state index contributed by atoms with van der Waals surface area (Å²) in [6.45, 7) is -0.0407. The Morgan fingerprint density at radius 1 is 0.875 bits per heavy atom. The summed E-state index contributed by atoms with van der Waals surface area (Å²) in [5, 5.41) is 2.21. The number of fused-ring (bicyclic) bond motifs is 4. The van der Waals surface area contributed by atoms with E-state index in [4.69, 9.17) is 4.74 Å². The molecular weight excluding hydrogens is 412 g/mol. The van der Waals surface area contributed by atoms with Crippen molar-refractivity contribution >= 4 is 41.4 Å². The first kappa shape index (κ1) is 19.9. The summed E-state index contributed by atoms with van der Waals surface area (Å²) in [5.74, 6) is -5.61. The Kier molecular flexibility index (Phi) is 4.70. The lowest BCUT2D eigenvalue weighted by Gasteiger charge is -2.36. The maximum absolute atomic E-state index is 12.9. The number of nitrogens with one attached hydrogen (secondary N) is 1. The predicted molar refractivity (Wildman–Crippen MR) is 111 cm³/mol. The molecule has 4 unspecified atom stereocenters. The van der Waals surface area contributed by atoms with Gasteiger partial charge in [-0.15, -0.1) is 0 Å². The second-order valence-corrected chi connectivity index (χ2v) is 7.99. The number of anilines is 1. The highest BCUT2D eigenvalue weighted by atomic mass is 16.5. The molecule has 0 bridgehead atoms. The normalized spacial score (nSPS) is 26.1. The standard InChI is InChI=1S/C24H18N2O6/c27-16(10-9-13-5-2-1-3-6-13)32-12-14-7-4-8-15(11-14)26-23(30)19-17-18(20(19)24(26)31)22(29)25-21(17)28/h1-11,17-20H,12H2,(H,25,28,29)/b10-9+. The van der Waals surface area contributed by atoms with Gasteiger partial charge in [0.25, 0.3) is 0 Å². The van der Waals surface area contributed by atoms with E-state index in [1.54, 1.807) is 30.3 Å². The summed E-state index contributed by atoms with van der Waals surface area (Å²) in [5.41, 5.74) is 1.79. The molecule has 3 fully saturated rings. The van der Waals surface area contributed by atoms with Crippen LogP contribution in [0.15, 0.2) is 60.7 Å². The van der Waals surface area contributed by atoms with E-state index in [1.807, 2.05) is 30.3 Å². The van der Waals surface area contributed by atoms with Crippen molar-refractivity contribution in [2.24, 2.45) is 23.7 Å². The van der Waals surface area contributed by atoms with Crippen LogP contribution in [0.1, 0.15) is 11.1 Å². The lowest BCUT2D eigenvalue weighted by Crippen LogP contribution is -2.50. The zero-order chi connectivity index (χ0) is 22.4. The average molecular weight is 430 g/mol. The third kappa shape index (κ3) is 3.11. The number of carbonyl (C=O) groups is 5. The van der Waals surface area contributed by atoms with Crippen molar-refractivity contribution in [3.63, 3.8) is 0 Å². The van der Waals surface area contributed by atoms with Crippen LogP contribution in [0, 0.1) is 23.7 Å². The molecule has 1 N–H and O–H groups in total. The van der Waals surface area contributed by atoms with Gasteiger partial charge in [0.2, 0.25) is 23.6 Å². The Morgan fingerprint density at radius 3 is 2.19 bits per heavy atom. The zero-order valence-electron chi connectivity index (χ0n) is 16.8. The lowest BCUT2D eigenvalue weighted by molar-refractivity contribution is -0.146. The monoisotopic (exact) mass is 430 g/mol. The van der Waals surface area contributed by atoms with Gasteiger partial charge >= 0.3 is 5.97 Å². The first-order chi connectivity index (χ1) is 15.5. The van der Waals surface area contributed by atoms with E-state index in [9.17, 15) is 24.0 Å². The molecule has 0 aromatic heterocycles. The van der Waals surface area contributed by atoms with E-state index in [0.717, 1.165) is 10.5 Å². The van der Waals surface area contributed by atoms with E-state index in [0.29, 0.717) is 11.3 Å². The smallest absolute Gasteiger partial charge is 0.331 e. The molecule has 0 spiro atoms. The zero-order valence-corrected chi connectivity index (χ0v) is 16.8.